The van der Waals surface area contributed by atoms with Crippen molar-refractivity contribution in [3.63, 3.8) is 0 Å². The van der Waals surface area contributed by atoms with Crippen molar-refractivity contribution in [3.8, 4) is 17.9 Å². The van der Waals surface area contributed by atoms with Gasteiger partial charge in [-0.25, -0.2) is 22.9 Å². The van der Waals surface area contributed by atoms with Crippen LogP contribution in [0.2, 0.25) is 0 Å². The molecule has 1 aliphatic carbocycles. The number of halogens is 3. The number of likely N-dealkylation sites (tertiary alicyclic amines) is 1. The number of hydrogen-bond donors (Lipinski definition) is 1. The number of aromatic nitrogens is 2. The summed E-state index contributed by atoms with van der Waals surface area (Å²) >= 11 is 0. The van der Waals surface area contributed by atoms with E-state index in [9.17, 15) is 33.1 Å². The molecule has 0 radical (unpaired) electrons. The van der Waals surface area contributed by atoms with Gasteiger partial charge in [0, 0.05) is 62.5 Å². The first-order valence-electron chi connectivity index (χ1n) is 12.5. The lowest BCUT2D eigenvalue weighted by molar-refractivity contribution is -0.149. The molecule has 2 aliphatic rings. The molecule has 0 unspecified atom stereocenters. The molecule has 4 rings (SSSR count). The molecule has 1 aliphatic heterocycles. The summed E-state index contributed by atoms with van der Waals surface area (Å²) in [4.78, 5) is 30.4. The van der Waals surface area contributed by atoms with Crippen molar-refractivity contribution in [1.82, 2.24) is 14.5 Å². The third-order valence-corrected chi connectivity index (χ3v) is 7.24. The zero-order valence-corrected chi connectivity index (χ0v) is 20.7. The smallest absolute Gasteiger partial charge is 0.343 e. The van der Waals surface area contributed by atoms with E-state index in [1.54, 1.807) is 17.7 Å². The molecule has 0 aromatic carbocycles. The van der Waals surface area contributed by atoms with E-state index in [4.69, 9.17) is 0 Å². The second-order valence-corrected chi connectivity index (χ2v) is 10.0. The number of unbranched alkanes of at least 4 members (excludes halogenated alkanes) is 4. The average Bonchev–Trinajstić information content (AvgIpc) is 3.37. The number of fused-ring (bicyclic) bond motifs is 1. The van der Waals surface area contributed by atoms with Crippen LogP contribution in [0.15, 0.2) is 12.3 Å². The first kappa shape index (κ1) is 26.5. The van der Waals surface area contributed by atoms with Crippen molar-refractivity contribution in [3.05, 3.63) is 29.1 Å². The van der Waals surface area contributed by atoms with Crippen LogP contribution in [0, 0.1) is 29.1 Å². The average molecular weight is 515 g/mol. The minimum Gasteiger partial charge on any atom is -0.479 e. The van der Waals surface area contributed by atoms with Gasteiger partial charge in [0.15, 0.2) is 0 Å². The number of pyridine rings is 1. The summed E-state index contributed by atoms with van der Waals surface area (Å²) in [5.41, 5.74) is -0.617. The van der Waals surface area contributed by atoms with Crippen molar-refractivity contribution in [1.29, 1.82) is 5.26 Å². The molecule has 7 nitrogen and oxygen atoms in total. The molecule has 1 saturated heterocycles. The van der Waals surface area contributed by atoms with Gasteiger partial charge in [0.2, 0.25) is 5.67 Å². The first-order chi connectivity index (χ1) is 17.5. The van der Waals surface area contributed by atoms with E-state index in [-0.39, 0.29) is 37.3 Å². The monoisotopic (exact) mass is 514 g/mol. The van der Waals surface area contributed by atoms with Crippen LogP contribution in [0.5, 0.6) is 0 Å². The molecule has 2 aromatic heterocycles. The number of alkyl halides is 3. The summed E-state index contributed by atoms with van der Waals surface area (Å²) in [7, 11) is 1.79. The topological polar surface area (TPSA) is 99.2 Å². The van der Waals surface area contributed by atoms with Crippen LogP contribution in [-0.4, -0.2) is 56.1 Å². The molecule has 2 fully saturated rings. The third-order valence-electron chi connectivity index (χ3n) is 7.24. The maximum Gasteiger partial charge on any atom is 0.343 e. The fourth-order valence-electron chi connectivity index (χ4n) is 5.07. The Kier molecular flexibility index (Phi) is 7.49. The maximum atomic E-state index is 14.7. The van der Waals surface area contributed by atoms with E-state index >= 15 is 0 Å². The number of aliphatic carboxylic acids is 1. The summed E-state index contributed by atoms with van der Waals surface area (Å²) in [5, 5.41) is 19.0. The number of hydrogen-bond acceptors (Lipinski definition) is 4. The number of nitriles is 1. The highest BCUT2D eigenvalue weighted by molar-refractivity contribution is 6.08. The zero-order chi connectivity index (χ0) is 26.8. The molecule has 0 bridgehead atoms. The van der Waals surface area contributed by atoms with Gasteiger partial charge in [-0.05, 0) is 25.3 Å². The molecule has 37 heavy (non-hydrogen) atoms. The Labute approximate surface area is 213 Å². The number of nitrogens with zero attached hydrogens (tertiary/aromatic N) is 4. The molecule has 1 saturated carbocycles. The Hall–Kier alpha value is -3.53. The number of carboxylic acids is 1. The number of aryl methyl sites for hydroxylation is 1. The van der Waals surface area contributed by atoms with Gasteiger partial charge in [-0.15, -0.1) is 5.92 Å². The van der Waals surface area contributed by atoms with Gasteiger partial charge < -0.3 is 14.6 Å². The lowest BCUT2D eigenvalue weighted by Crippen LogP contribution is -2.39. The number of carbonyl (C=O) groups is 2. The van der Waals surface area contributed by atoms with Crippen LogP contribution >= 0.6 is 0 Å². The fraction of sp³-hybridized carbons (Fsp3) is 0.556. The van der Waals surface area contributed by atoms with Crippen molar-refractivity contribution in [2.24, 2.45) is 13.0 Å². The SMILES string of the molecule is Cn1c(CCCCCCC#CC2CC(F)(F)C2)c(C(=O)N2CC[C@](F)(C(=O)O)C2)c2cc(C#N)cnc21. The minimum atomic E-state index is -2.55. The number of rotatable bonds is 8. The van der Waals surface area contributed by atoms with Gasteiger partial charge >= 0.3 is 5.97 Å². The molecule has 3 heterocycles. The molecule has 0 spiro atoms. The molecule has 10 heteroatoms. The molecular weight excluding hydrogens is 485 g/mol. The van der Waals surface area contributed by atoms with Gasteiger partial charge in [0.05, 0.1) is 17.7 Å². The summed E-state index contributed by atoms with van der Waals surface area (Å²) in [6.45, 7) is -0.537. The Bertz CT molecular complexity index is 1310. The first-order valence-corrected chi connectivity index (χ1v) is 12.5. The third kappa shape index (κ3) is 5.58. The van der Waals surface area contributed by atoms with Crippen LogP contribution in [0.4, 0.5) is 13.2 Å². The standard InChI is InChI=1S/C27H29F3N4O3/c1-33-21(9-7-5-3-2-4-6-8-18-13-27(29,30)14-18)22(20-12-19(15-31)16-32-23(20)33)24(35)34-11-10-26(28,17-34)25(36)37/h12,16,18H,2-5,7,9-11,13-14,17H2,1H3,(H,36,37)/t26-/m1/s1. The molecule has 1 N–H and O–H groups in total. The summed E-state index contributed by atoms with van der Waals surface area (Å²) in [6, 6.07) is 3.61. The number of carbonyl (C=O) groups excluding carboxylic acids is 1. The van der Waals surface area contributed by atoms with Crippen molar-refractivity contribution in [2.75, 3.05) is 13.1 Å². The summed E-state index contributed by atoms with van der Waals surface area (Å²) in [5.74, 6) is 1.13. The second-order valence-electron chi connectivity index (χ2n) is 10.0. The van der Waals surface area contributed by atoms with E-state index in [2.05, 4.69) is 16.8 Å². The Morgan fingerprint density at radius 2 is 1.95 bits per heavy atom. The molecular formula is C27H29F3N4O3. The van der Waals surface area contributed by atoms with Crippen LogP contribution in [0.25, 0.3) is 11.0 Å². The van der Waals surface area contributed by atoms with Gasteiger partial charge in [-0.2, -0.15) is 5.26 Å². The van der Waals surface area contributed by atoms with E-state index in [0.717, 1.165) is 25.7 Å². The highest BCUT2D eigenvalue weighted by atomic mass is 19.3. The predicted molar refractivity (Wildman–Crippen MR) is 130 cm³/mol. The zero-order valence-electron chi connectivity index (χ0n) is 20.7. The Balaban J connectivity index is 1.42. The largest absolute Gasteiger partial charge is 0.479 e. The molecule has 1 atom stereocenters. The maximum absolute atomic E-state index is 14.7. The Morgan fingerprint density at radius 1 is 1.22 bits per heavy atom. The van der Waals surface area contributed by atoms with Crippen LogP contribution < -0.4 is 0 Å². The summed E-state index contributed by atoms with van der Waals surface area (Å²) < 4.78 is 42.2. The summed E-state index contributed by atoms with van der Waals surface area (Å²) in [6.07, 6.45) is 5.46. The predicted octanol–water partition coefficient (Wildman–Crippen LogP) is 4.63. The number of amides is 1. The highest BCUT2D eigenvalue weighted by Crippen LogP contribution is 2.41. The van der Waals surface area contributed by atoms with Crippen LogP contribution in [0.1, 0.15) is 73.0 Å². The fourth-order valence-corrected chi connectivity index (χ4v) is 5.07. The second kappa shape index (κ2) is 10.5. The van der Waals surface area contributed by atoms with E-state index in [1.165, 1.54) is 11.1 Å². The van der Waals surface area contributed by atoms with Gasteiger partial charge in [-0.3, -0.25) is 4.79 Å². The van der Waals surface area contributed by atoms with Gasteiger partial charge in [-0.1, -0.05) is 18.8 Å². The van der Waals surface area contributed by atoms with Gasteiger partial charge in [0.25, 0.3) is 11.8 Å². The quantitative estimate of drug-likeness (QED) is 0.409. The van der Waals surface area contributed by atoms with E-state index in [0.29, 0.717) is 35.1 Å². The molecule has 196 valence electrons. The van der Waals surface area contributed by atoms with Crippen molar-refractivity contribution >= 4 is 22.9 Å². The minimum absolute atomic E-state index is 0.0115. The lowest BCUT2D eigenvalue weighted by Gasteiger charge is -2.31. The van der Waals surface area contributed by atoms with Crippen molar-refractivity contribution in [2.45, 2.75) is 69.4 Å². The van der Waals surface area contributed by atoms with Crippen LogP contribution in [0.3, 0.4) is 0 Å². The number of carboxylic acid groups (broad SMARTS) is 1. The molecule has 2 aromatic rings. The van der Waals surface area contributed by atoms with Crippen LogP contribution in [-0.2, 0) is 18.3 Å². The highest BCUT2D eigenvalue weighted by Gasteiger charge is 2.47. The molecule has 1 amide bonds. The van der Waals surface area contributed by atoms with Gasteiger partial charge in [0.1, 0.15) is 11.7 Å². The van der Waals surface area contributed by atoms with Crippen molar-refractivity contribution < 1.29 is 27.9 Å². The normalized spacial score (nSPS) is 20.8. The van der Waals surface area contributed by atoms with E-state index < -0.39 is 30.0 Å². The lowest BCUT2D eigenvalue weighted by atomic mass is 9.82. The van der Waals surface area contributed by atoms with E-state index in [1.807, 2.05) is 6.07 Å². The Morgan fingerprint density at radius 3 is 2.59 bits per heavy atom.